The van der Waals surface area contributed by atoms with E-state index in [9.17, 15) is 14.7 Å². The number of nitrogens with zero attached hydrogens (tertiary/aromatic N) is 5. The molecule has 1 amide bonds. The molecular weight excluding hydrogens is 685 g/mol. The summed E-state index contributed by atoms with van der Waals surface area (Å²) < 4.78 is 9.39. The highest BCUT2D eigenvalue weighted by atomic mass is 32.1. The fourth-order valence-corrected chi connectivity index (χ4v) is 10.5. The van der Waals surface area contributed by atoms with Crippen molar-refractivity contribution in [1.82, 2.24) is 24.7 Å². The number of carboxylic acids is 1. The number of fused-ring (bicyclic) bond motifs is 4. The van der Waals surface area contributed by atoms with E-state index in [2.05, 4.69) is 38.8 Å². The number of aromatic carboxylic acids is 1. The third-order valence-corrected chi connectivity index (χ3v) is 12.6. The molecule has 3 atom stereocenters. The van der Waals surface area contributed by atoms with Gasteiger partial charge in [0.15, 0.2) is 10.8 Å². The molecule has 0 aliphatic heterocycles. The zero-order valence-corrected chi connectivity index (χ0v) is 31.4. The number of rotatable bonds is 10. The lowest BCUT2D eigenvalue weighted by atomic mass is 9.51. The van der Waals surface area contributed by atoms with Crippen LogP contribution in [-0.4, -0.2) is 54.4 Å². The van der Waals surface area contributed by atoms with E-state index in [0.29, 0.717) is 38.4 Å². The smallest absolute Gasteiger partial charge is 0.355 e. The van der Waals surface area contributed by atoms with Gasteiger partial charge in [0.05, 0.1) is 38.8 Å². The number of carbonyl (C=O) groups excluding carboxylic acids is 1. The molecule has 11 heteroatoms. The van der Waals surface area contributed by atoms with Crippen LogP contribution in [0.1, 0.15) is 91.8 Å². The average molecular weight is 729 g/mol. The van der Waals surface area contributed by atoms with E-state index in [0.717, 1.165) is 66.5 Å². The van der Waals surface area contributed by atoms with Gasteiger partial charge < -0.3 is 9.84 Å². The lowest BCUT2D eigenvalue weighted by Crippen LogP contribution is -2.53. The number of methoxy groups -OCH3 is 1. The number of hydrogen-bond donors (Lipinski definition) is 2. The summed E-state index contributed by atoms with van der Waals surface area (Å²) in [6, 6.07) is 18.6. The van der Waals surface area contributed by atoms with E-state index in [4.69, 9.17) is 9.84 Å². The third-order valence-electron chi connectivity index (χ3n) is 11.6. The van der Waals surface area contributed by atoms with Gasteiger partial charge in [-0.05, 0) is 98.7 Å². The maximum atomic E-state index is 13.5. The molecule has 4 aromatic heterocycles. The number of anilines is 1. The largest absolute Gasteiger partial charge is 0.476 e. The second kappa shape index (κ2) is 13.4. The number of amides is 1. The summed E-state index contributed by atoms with van der Waals surface area (Å²) in [6.07, 6.45) is 12.3. The van der Waals surface area contributed by atoms with Crippen LogP contribution >= 0.6 is 11.3 Å². The summed E-state index contributed by atoms with van der Waals surface area (Å²) in [7, 11) is 1.88. The maximum Gasteiger partial charge on any atom is 0.355 e. The standard InChI is InChI=1S/C42H44N6O4S/c1-5-16-42(52-4)23-40(3)17-8-18-41(22-40,24-42)25-48-26(2)31(21-44-48)28-12-14-32(45-36(28)38(50)51)27-11-13-33-30(20-27)29(15-19-43-33)37(49)47-39-46-34-9-6-7-10-35(34)53-39/h6-7,9-15,19-21H,5,8,16-18,22-25H2,1-4H3,(H,50,51)(H,46,47,49). The van der Waals surface area contributed by atoms with Crippen molar-refractivity contribution in [1.29, 1.82) is 0 Å². The predicted octanol–water partition coefficient (Wildman–Crippen LogP) is 9.57. The number of aromatic nitrogens is 5. The molecular formula is C42H44N6O4S. The van der Waals surface area contributed by atoms with Crippen LogP contribution in [0.15, 0.2) is 73.1 Å². The number of hydrogen-bond acceptors (Lipinski definition) is 8. The first-order chi connectivity index (χ1) is 25.5. The van der Waals surface area contributed by atoms with Crippen LogP contribution in [0.2, 0.25) is 0 Å². The number of carboxylic acid groups (broad SMARTS) is 1. The molecule has 0 radical (unpaired) electrons. The van der Waals surface area contributed by atoms with Crippen molar-refractivity contribution in [2.45, 2.75) is 84.3 Å². The molecule has 3 unspecified atom stereocenters. The highest BCUT2D eigenvalue weighted by molar-refractivity contribution is 7.22. The second-order valence-corrected chi connectivity index (χ2v) is 16.6. The number of thiazole rings is 1. The minimum absolute atomic E-state index is 0.0485. The van der Waals surface area contributed by atoms with Crippen molar-refractivity contribution in [2.75, 3.05) is 12.4 Å². The molecule has 2 saturated carbocycles. The van der Waals surface area contributed by atoms with Gasteiger partial charge in [0.1, 0.15) is 0 Å². The van der Waals surface area contributed by atoms with Gasteiger partial charge in [-0.15, -0.1) is 0 Å². The summed E-state index contributed by atoms with van der Waals surface area (Å²) in [5.74, 6) is -1.43. The molecule has 2 aliphatic carbocycles. The summed E-state index contributed by atoms with van der Waals surface area (Å²) in [4.78, 5) is 40.0. The van der Waals surface area contributed by atoms with Crippen molar-refractivity contribution in [2.24, 2.45) is 10.8 Å². The highest BCUT2D eigenvalue weighted by Crippen LogP contribution is 2.61. The molecule has 4 heterocycles. The van der Waals surface area contributed by atoms with Crippen LogP contribution in [-0.2, 0) is 11.3 Å². The van der Waals surface area contributed by atoms with Gasteiger partial charge in [-0.3, -0.25) is 19.8 Å². The normalized spacial score (nSPS) is 22.6. The fraction of sp³-hybridized carbons (Fsp3) is 0.381. The molecule has 8 rings (SSSR count). The van der Waals surface area contributed by atoms with E-state index in [1.807, 2.05) is 68.6 Å². The maximum absolute atomic E-state index is 13.5. The monoisotopic (exact) mass is 728 g/mol. The topological polar surface area (TPSA) is 132 Å². The first-order valence-corrected chi connectivity index (χ1v) is 19.2. The van der Waals surface area contributed by atoms with E-state index in [1.54, 1.807) is 18.5 Å². The van der Waals surface area contributed by atoms with E-state index in [1.165, 1.54) is 24.2 Å². The highest BCUT2D eigenvalue weighted by Gasteiger charge is 2.55. The molecule has 6 aromatic rings. The quantitative estimate of drug-likeness (QED) is 0.143. The zero-order valence-electron chi connectivity index (χ0n) is 30.6. The Bertz CT molecular complexity index is 2350. The van der Waals surface area contributed by atoms with Gasteiger partial charge in [0, 0.05) is 47.6 Å². The van der Waals surface area contributed by atoms with Gasteiger partial charge in [0.25, 0.3) is 5.91 Å². The Labute approximate surface area is 312 Å². The molecule has 53 heavy (non-hydrogen) atoms. The molecule has 2 aromatic carbocycles. The van der Waals surface area contributed by atoms with Gasteiger partial charge in [-0.25, -0.2) is 14.8 Å². The van der Waals surface area contributed by atoms with E-state index < -0.39 is 5.97 Å². The molecule has 0 spiro atoms. The van der Waals surface area contributed by atoms with Crippen molar-refractivity contribution >= 4 is 49.5 Å². The third kappa shape index (κ3) is 6.50. The number of carbonyl (C=O) groups is 2. The Morgan fingerprint density at radius 1 is 1.00 bits per heavy atom. The minimum Gasteiger partial charge on any atom is -0.476 e. The second-order valence-electron chi connectivity index (χ2n) is 15.6. The van der Waals surface area contributed by atoms with Crippen LogP contribution in [0.5, 0.6) is 0 Å². The molecule has 2 aliphatic rings. The Balaban J connectivity index is 1.09. The SMILES string of the molecule is CCCC1(OC)CC2(C)CCCC(Cn3ncc(-c4ccc(-c5ccc6nccc(C(=O)Nc7nc8ccccc8s7)c6c5)nc4C(=O)O)c3C)(C2)C1. The average Bonchev–Trinajstić information content (AvgIpc) is 3.72. The number of nitrogens with one attached hydrogen (secondary N) is 1. The molecule has 0 saturated heterocycles. The molecule has 2 N–H and O–H groups in total. The molecule has 2 bridgehead atoms. The molecule has 2 fully saturated rings. The van der Waals surface area contributed by atoms with Crippen molar-refractivity contribution < 1.29 is 19.4 Å². The number of pyridine rings is 2. The van der Waals surface area contributed by atoms with Crippen LogP contribution < -0.4 is 5.32 Å². The van der Waals surface area contributed by atoms with Crippen LogP contribution in [0.25, 0.3) is 43.5 Å². The van der Waals surface area contributed by atoms with E-state index in [-0.39, 0.29) is 28.0 Å². The van der Waals surface area contributed by atoms with Crippen LogP contribution in [0.4, 0.5) is 5.13 Å². The summed E-state index contributed by atoms with van der Waals surface area (Å²) in [5, 5.41) is 19.4. The summed E-state index contributed by atoms with van der Waals surface area (Å²) in [5.41, 5.74) is 5.38. The fourth-order valence-electron chi connectivity index (χ4n) is 9.65. The number of ether oxygens (including phenoxy) is 1. The van der Waals surface area contributed by atoms with Gasteiger partial charge in [-0.1, -0.05) is 56.2 Å². The van der Waals surface area contributed by atoms with Gasteiger partial charge in [-0.2, -0.15) is 5.10 Å². The van der Waals surface area contributed by atoms with Crippen molar-refractivity contribution in [3.05, 3.63) is 90.0 Å². The molecule has 10 nitrogen and oxygen atoms in total. The number of benzene rings is 2. The Morgan fingerprint density at radius 3 is 2.64 bits per heavy atom. The van der Waals surface area contributed by atoms with Crippen LogP contribution in [0, 0.1) is 17.8 Å². The van der Waals surface area contributed by atoms with Gasteiger partial charge >= 0.3 is 5.97 Å². The first-order valence-electron chi connectivity index (χ1n) is 18.4. The minimum atomic E-state index is -1.12. The summed E-state index contributed by atoms with van der Waals surface area (Å²) in [6.45, 7) is 7.47. The molecule has 272 valence electrons. The van der Waals surface area contributed by atoms with Crippen molar-refractivity contribution in [3.8, 4) is 22.4 Å². The first kappa shape index (κ1) is 35.1. The Morgan fingerprint density at radius 2 is 1.85 bits per heavy atom. The number of para-hydroxylation sites is 1. The lowest BCUT2D eigenvalue weighted by molar-refractivity contribution is -0.152. The lowest BCUT2D eigenvalue weighted by Gasteiger charge is -2.58. The van der Waals surface area contributed by atoms with Gasteiger partial charge in [0.2, 0.25) is 0 Å². The van der Waals surface area contributed by atoms with E-state index >= 15 is 0 Å². The zero-order chi connectivity index (χ0) is 37.0. The Kier molecular flexibility index (Phi) is 8.89. The predicted molar refractivity (Wildman–Crippen MR) is 208 cm³/mol. The summed E-state index contributed by atoms with van der Waals surface area (Å²) >= 11 is 1.41. The van der Waals surface area contributed by atoms with Crippen LogP contribution in [0.3, 0.4) is 0 Å². The van der Waals surface area contributed by atoms with Crippen molar-refractivity contribution in [3.63, 3.8) is 0 Å². The Hall–Kier alpha value is -5.00.